The van der Waals surface area contributed by atoms with Crippen LogP contribution in [0.2, 0.25) is 0 Å². The van der Waals surface area contributed by atoms with Gasteiger partial charge in [0.1, 0.15) is 12.1 Å². The molecular weight excluding hydrogens is 391 g/mol. The fraction of sp³-hybridized carbons (Fsp3) is 0.474. The Bertz CT molecular complexity index is 898. The molecule has 2 saturated heterocycles. The lowest BCUT2D eigenvalue weighted by Gasteiger charge is -2.36. The maximum absolute atomic E-state index is 14.1. The molecule has 2 aromatic rings. The van der Waals surface area contributed by atoms with Crippen LogP contribution in [0.25, 0.3) is 0 Å². The molecule has 30 heavy (non-hydrogen) atoms. The Morgan fingerprint density at radius 3 is 2.33 bits per heavy atom. The van der Waals surface area contributed by atoms with Gasteiger partial charge in [0.05, 0.1) is 10.6 Å². The Hall–Kier alpha value is -3.05. The summed E-state index contributed by atoms with van der Waals surface area (Å²) in [4.78, 5) is 25.8. The quantitative estimate of drug-likeness (QED) is 0.574. The molecule has 1 aromatic heterocycles. The number of halogens is 1. The number of benzene rings is 1. The lowest BCUT2D eigenvalue weighted by molar-refractivity contribution is -0.383. The van der Waals surface area contributed by atoms with Gasteiger partial charge in [-0.05, 0) is 19.2 Å². The molecule has 10 nitrogen and oxygen atoms in total. The van der Waals surface area contributed by atoms with Gasteiger partial charge in [0.25, 0.3) is 0 Å². The fourth-order valence-electron chi connectivity index (χ4n) is 3.79. The van der Waals surface area contributed by atoms with Crippen LogP contribution in [-0.4, -0.2) is 84.2 Å². The monoisotopic (exact) mass is 416 g/mol. The molecule has 4 rings (SSSR count). The van der Waals surface area contributed by atoms with Gasteiger partial charge < -0.3 is 14.7 Å². The first kappa shape index (κ1) is 20.2. The van der Waals surface area contributed by atoms with E-state index in [1.54, 1.807) is 18.2 Å². The zero-order valence-electron chi connectivity index (χ0n) is 16.9. The average Bonchev–Trinajstić information content (AvgIpc) is 2.75. The SMILES string of the molecule is CN1CCN(Nc2ncnc(N3CCN(c4ccccc4F)CC3)c2[N+](=O)[O-])CC1. The predicted octanol–water partition coefficient (Wildman–Crippen LogP) is 1.42. The number of hydrogen-bond acceptors (Lipinski definition) is 9. The lowest BCUT2D eigenvalue weighted by atomic mass is 10.2. The maximum Gasteiger partial charge on any atom is 0.354 e. The number of aromatic nitrogens is 2. The summed E-state index contributed by atoms with van der Waals surface area (Å²) in [5.74, 6) is 0.225. The van der Waals surface area contributed by atoms with Crippen molar-refractivity contribution in [1.29, 1.82) is 0 Å². The van der Waals surface area contributed by atoms with Crippen molar-refractivity contribution in [2.75, 3.05) is 74.6 Å². The minimum Gasteiger partial charge on any atom is -0.366 e. The van der Waals surface area contributed by atoms with Gasteiger partial charge in [-0.3, -0.25) is 15.5 Å². The van der Waals surface area contributed by atoms with Crippen molar-refractivity contribution >= 4 is 23.0 Å². The fourth-order valence-corrected chi connectivity index (χ4v) is 3.79. The van der Waals surface area contributed by atoms with Crippen LogP contribution in [0.5, 0.6) is 0 Å². The predicted molar refractivity (Wildman–Crippen MR) is 112 cm³/mol. The highest BCUT2D eigenvalue weighted by Crippen LogP contribution is 2.33. The number of nitrogens with one attached hydrogen (secondary N) is 1. The molecule has 0 spiro atoms. The van der Waals surface area contributed by atoms with Gasteiger partial charge in [0.15, 0.2) is 0 Å². The highest BCUT2D eigenvalue weighted by Gasteiger charge is 2.30. The normalized spacial score (nSPS) is 18.5. The van der Waals surface area contributed by atoms with E-state index < -0.39 is 4.92 Å². The number of hydrazine groups is 1. The van der Waals surface area contributed by atoms with E-state index >= 15 is 0 Å². The molecule has 1 aromatic carbocycles. The molecule has 11 heteroatoms. The number of likely N-dealkylation sites (N-methyl/N-ethyl adjacent to an activating group) is 1. The van der Waals surface area contributed by atoms with E-state index in [1.165, 1.54) is 12.4 Å². The van der Waals surface area contributed by atoms with Crippen molar-refractivity contribution in [2.24, 2.45) is 0 Å². The Kier molecular flexibility index (Phi) is 5.91. The minimum atomic E-state index is -0.434. The van der Waals surface area contributed by atoms with E-state index in [0.29, 0.717) is 37.7 Å². The van der Waals surface area contributed by atoms with Gasteiger partial charge in [-0.15, -0.1) is 0 Å². The molecule has 0 radical (unpaired) electrons. The highest BCUT2D eigenvalue weighted by molar-refractivity contribution is 5.70. The molecule has 0 aliphatic carbocycles. The Labute approximate surface area is 174 Å². The summed E-state index contributed by atoms with van der Waals surface area (Å²) < 4.78 is 14.1. The molecule has 0 amide bonds. The Morgan fingerprint density at radius 2 is 1.67 bits per heavy atom. The van der Waals surface area contributed by atoms with E-state index in [-0.39, 0.29) is 17.3 Å². The first-order chi connectivity index (χ1) is 14.5. The van der Waals surface area contributed by atoms with E-state index in [4.69, 9.17) is 0 Å². The molecule has 0 atom stereocenters. The Balaban J connectivity index is 1.50. The van der Waals surface area contributed by atoms with Crippen molar-refractivity contribution < 1.29 is 9.31 Å². The third-order valence-corrected chi connectivity index (χ3v) is 5.53. The molecule has 0 unspecified atom stereocenters. The molecule has 2 aliphatic rings. The number of para-hydroxylation sites is 1. The summed E-state index contributed by atoms with van der Waals surface area (Å²) in [5.41, 5.74) is 3.52. The van der Waals surface area contributed by atoms with Crippen LogP contribution in [0.4, 0.5) is 27.4 Å². The summed E-state index contributed by atoms with van der Waals surface area (Å²) in [5, 5.41) is 13.8. The van der Waals surface area contributed by atoms with Crippen LogP contribution >= 0.6 is 0 Å². The van der Waals surface area contributed by atoms with Crippen LogP contribution in [0.1, 0.15) is 0 Å². The summed E-state index contributed by atoms with van der Waals surface area (Å²) in [6, 6.07) is 6.65. The van der Waals surface area contributed by atoms with E-state index in [2.05, 4.69) is 20.3 Å². The number of nitrogens with zero attached hydrogens (tertiary/aromatic N) is 7. The zero-order valence-corrected chi connectivity index (χ0v) is 16.9. The van der Waals surface area contributed by atoms with Gasteiger partial charge in [-0.25, -0.2) is 19.4 Å². The maximum atomic E-state index is 14.1. The van der Waals surface area contributed by atoms with Crippen molar-refractivity contribution in [2.45, 2.75) is 0 Å². The second kappa shape index (κ2) is 8.76. The molecule has 1 N–H and O–H groups in total. The van der Waals surface area contributed by atoms with E-state index in [0.717, 1.165) is 26.2 Å². The zero-order chi connectivity index (χ0) is 21.1. The standard InChI is InChI=1S/C19H25FN8O2/c1-24-6-12-27(13-7-24)23-18-17(28(29)30)19(22-14-21-18)26-10-8-25(9-11-26)16-5-3-2-4-15(16)20/h2-5,14H,6-13H2,1H3,(H,21,22,23). The van der Waals surface area contributed by atoms with Crippen molar-refractivity contribution in [1.82, 2.24) is 19.9 Å². The number of hydrogen-bond donors (Lipinski definition) is 1. The molecular formula is C19H25FN8O2. The lowest BCUT2D eigenvalue weighted by Crippen LogP contribution is -2.48. The Morgan fingerprint density at radius 1 is 1.00 bits per heavy atom. The average molecular weight is 416 g/mol. The summed E-state index contributed by atoms with van der Waals surface area (Å²) >= 11 is 0. The highest BCUT2D eigenvalue weighted by atomic mass is 19.1. The van der Waals surface area contributed by atoms with Gasteiger partial charge in [0.2, 0.25) is 11.6 Å². The molecule has 2 aliphatic heterocycles. The van der Waals surface area contributed by atoms with E-state index in [1.807, 2.05) is 21.9 Å². The first-order valence-electron chi connectivity index (χ1n) is 9.97. The minimum absolute atomic E-state index is 0.129. The van der Waals surface area contributed by atoms with Crippen LogP contribution in [0.3, 0.4) is 0 Å². The van der Waals surface area contributed by atoms with Crippen LogP contribution in [-0.2, 0) is 0 Å². The molecule has 0 bridgehead atoms. The van der Waals surface area contributed by atoms with Gasteiger partial charge in [0, 0.05) is 52.4 Å². The largest absolute Gasteiger partial charge is 0.366 e. The summed E-state index contributed by atoms with van der Waals surface area (Å²) in [6.45, 7) is 5.32. The summed E-state index contributed by atoms with van der Waals surface area (Å²) in [7, 11) is 2.05. The van der Waals surface area contributed by atoms with Gasteiger partial charge >= 0.3 is 5.69 Å². The second-order valence-corrected chi connectivity index (χ2v) is 7.48. The van der Waals surface area contributed by atoms with Crippen molar-refractivity contribution in [3.8, 4) is 0 Å². The number of nitro groups is 1. The van der Waals surface area contributed by atoms with E-state index in [9.17, 15) is 14.5 Å². The molecule has 160 valence electrons. The second-order valence-electron chi connectivity index (χ2n) is 7.48. The number of piperazine rings is 2. The van der Waals surface area contributed by atoms with Crippen LogP contribution in [0, 0.1) is 15.9 Å². The van der Waals surface area contributed by atoms with Gasteiger partial charge in [-0.2, -0.15) is 0 Å². The topological polar surface area (TPSA) is 93.9 Å². The molecule has 3 heterocycles. The number of anilines is 3. The smallest absolute Gasteiger partial charge is 0.354 e. The summed E-state index contributed by atoms with van der Waals surface area (Å²) in [6.07, 6.45) is 1.35. The van der Waals surface area contributed by atoms with Crippen LogP contribution in [0.15, 0.2) is 30.6 Å². The van der Waals surface area contributed by atoms with Crippen molar-refractivity contribution in [3.05, 3.63) is 46.5 Å². The molecule has 2 fully saturated rings. The third-order valence-electron chi connectivity index (χ3n) is 5.53. The first-order valence-corrected chi connectivity index (χ1v) is 9.97. The number of rotatable bonds is 5. The molecule has 0 saturated carbocycles. The van der Waals surface area contributed by atoms with Crippen molar-refractivity contribution in [3.63, 3.8) is 0 Å². The van der Waals surface area contributed by atoms with Gasteiger partial charge in [-0.1, -0.05) is 12.1 Å². The van der Waals surface area contributed by atoms with Crippen LogP contribution < -0.4 is 15.2 Å². The third kappa shape index (κ3) is 4.26.